The van der Waals surface area contributed by atoms with Crippen LogP contribution in [0.1, 0.15) is 58.1 Å². The van der Waals surface area contributed by atoms with Gasteiger partial charge in [-0.3, -0.25) is 9.59 Å². The normalized spacial score (nSPS) is 31.6. The number of thioether (sulfide) groups is 1. The molecule has 7 heteroatoms. The molecule has 0 saturated heterocycles. The number of carbonyl (C=O) groups excluding carboxylic acids is 2. The van der Waals surface area contributed by atoms with Crippen LogP contribution < -0.4 is 5.32 Å². The molecule has 1 N–H and O–H groups in total. The van der Waals surface area contributed by atoms with Gasteiger partial charge in [-0.15, -0.1) is 11.3 Å². The second-order valence-electron chi connectivity index (χ2n) is 8.94. The molecule has 0 spiro atoms. The van der Waals surface area contributed by atoms with Crippen molar-refractivity contribution in [2.24, 2.45) is 23.2 Å². The number of hydrogen-bond donors (Lipinski definition) is 1. The van der Waals surface area contributed by atoms with Crippen LogP contribution in [0.3, 0.4) is 0 Å². The molecule has 154 valence electrons. The van der Waals surface area contributed by atoms with Crippen molar-refractivity contribution in [2.75, 3.05) is 12.4 Å². The zero-order valence-electron chi connectivity index (χ0n) is 16.7. The van der Waals surface area contributed by atoms with E-state index in [-0.39, 0.29) is 24.3 Å². The molecule has 1 aromatic heterocycles. The first-order valence-corrected chi connectivity index (χ1v) is 12.3. The SMILES string of the molecule is CCOC(=O)Cc1csc(SCC(=O)N[C@@H](C)C23CC4CC(CC(C4)C2)C3)n1. The number of aromatic nitrogens is 1. The fraction of sp³-hybridized carbons (Fsp3) is 0.762. The molecule has 4 aliphatic carbocycles. The van der Waals surface area contributed by atoms with Crippen molar-refractivity contribution in [1.29, 1.82) is 0 Å². The maximum atomic E-state index is 12.6. The number of amides is 1. The third kappa shape index (κ3) is 4.40. The summed E-state index contributed by atoms with van der Waals surface area (Å²) in [4.78, 5) is 28.5. The van der Waals surface area contributed by atoms with Crippen molar-refractivity contribution in [1.82, 2.24) is 10.3 Å². The fourth-order valence-corrected chi connectivity index (χ4v) is 7.72. The Hall–Kier alpha value is -1.08. The van der Waals surface area contributed by atoms with Gasteiger partial charge in [0, 0.05) is 11.4 Å². The number of ether oxygens (including phenoxy) is 1. The highest BCUT2D eigenvalue weighted by Gasteiger charge is 2.53. The Kier molecular flexibility index (Phi) is 6.02. The van der Waals surface area contributed by atoms with E-state index in [9.17, 15) is 9.59 Å². The van der Waals surface area contributed by atoms with Gasteiger partial charge in [-0.2, -0.15) is 0 Å². The minimum absolute atomic E-state index is 0.0930. The maximum absolute atomic E-state index is 12.6. The van der Waals surface area contributed by atoms with Crippen LogP contribution in [-0.4, -0.2) is 35.3 Å². The lowest BCUT2D eigenvalue weighted by Gasteiger charge is -2.59. The Balaban J connectivity index is 1.26. The number of esters is 1. The zero-order chi connectivity index (χ0) is 19.7. The van der Waals surface area contributed by atoms with Crippen LogP contribution in [0.15, 0.2) is 9.72 Å². The summed E-state index contributed by atoms with van der Waals surface area (Å²) in [5.74, 6) is 2.90. The van der Waals surface area contributed by atoms with E-state index in [2.05, 4.69) is 17.2 Å². The van der Waals surface area contributed by atoms with Crippen molar-refractivity contribution in [2.45, 2.75) is 69.2 Å². The third-order valence-corrected chi connectivity index (χ3v) is 8.94. The lowest BCUT2D eigenvalue weighted by Crippen LogP contribution is -2.56. The van der Waals surface area contributed by atoms with E-state index in [1.54, 1.807) is 6.92 Å². The van der Waals surface area contributed by atoms with E-state index in [1.807, 2.05) is 5.38 Å². The lowest BCUT2D eigenvalue weighted by atomic mass is 9.48. The summed E-state index contributed by atoms with van der Waals surface area (Å²) < 4.78 is 5.78. The number of thiazole rings is 1. The van der Waals surface area contributed by atoms with Crippen molar-refractivity contribution in [3.05, 3.63) is 11.1 Å². The van der Waals surface area contributed by atoms with E-state index >= 15 is 0 Å². The van der Waals surface area contributed by atoms with Gasteiger partial charge in [-0.1, -0.05) is 11.8 Å². The number of nitrogens with one attached hydrogen (secondary N) is 1. The Bertz CT molecular complexity index is 698. The number of carbonyl (C=O) groups is 2. The van der Waals surface area contributed by atoms with E-state index < -0.39 is 0 Å². The van der Waals surface area contributed by atoms with Gasteiger partial charge in [0.25, 0.3) is 0 Å². The molecular formula is C21H30N2O3S2. The lowest BCUT2D eigenvalue weighted by molar-refractivity contribution is -0.142. The molecule has 1 heterocycles. The summed E-state index contributed by atoms with van der Waals surface area (Å²) in [7, 11) is 0. The van der Waals surface area contributed by atoms with Crippen LogP contribution >= 0.6 is 23.1 Å². The van der Waals surface area contributed by atoms with Gasteiger partial charge in [-0.25, -0.2) is 4.98 Å². The molecule has 4 bridgehead atoms. The summed E-state index contributed by atoms with van der Waals surface area (Å²) in [6.07, 6.45) is 8.38. The quantitative estimate of drug-likeness (QED) is 0.505. The fourth-order valence-electron chi connectivity index (χ4n) is 6.07. The second-order valence-corrected chi connectivity index (χ2v) is 11.0. The van der Waals surface area contributed by atoms with Crippen molar-refractivity contribution >= 4 is 35.0 Å². The molecule has 28 heavy (non-hydrogen) atoms. The first-order valence-electron chi connectivity index (χ1n) is 10.5. The average molecular weight is 423 g/mol. The monoisotopic (exact) mass is 422 g/mol. The molecule has 4 saturated carbocycles. The van der Waals surface area contributed by atoms with Gasteiger partial charge in [0.05, 0.1) is 24.5 Å². The van der Waals surface area contributed by atoms with Crippen molar-refractivity contribution in [3.63, 3.8) is 0 Å². The maximum Gasteiger partial charge on any atom is 0.311 e. The van der Waals surface area contributed by atoms with Crippen LogP contribution in [0, 0.1) is 23.2 Å². The standard InChI is InChI=1S/C21H30N2O3S2/c1-3-26-19(25)7-17-11-27-20(23-17)28-12-18(24)22-13(2)21-8-14-4-15(9-21)6-16(5-14)10-21/h11,13-16H,3-10,12H2,1-2H3,(H,22,24)/t13-,14?,15?,16?,21?/m0/s1. The molecule has 0 unspecified atom stereocenters. The number of hydrogen-bond acceptors (Lipinski definition) is 6. The van der Waals surface area contributed by atoms with Crippen LogP contribution in [0.2, 0.25) is 0 Å². The Morgan fingerprint density at radius 1 is 1.29 bits per heavy atom. The number of nitrogens with zero attached hydrogens (tertiary/aromatic N) is 1. The molecule has 1 aromatic rings. The highest BCUT2D eigenvalue weighted by atomic mass is 32.2. The first kappa shape index (κ1) is 20.2. The predicted molar refractivity (Wildman–Crippen MR) is 111 cm³/mol. The van der Waals surface area contributed by atoms with Crippen LogP contribution in [0.4, 0.5) is 0 Å². The zero-order valence-corrected chi connectivity index (χ0v) is 18.4. The number of rotatable bonds is 8. The van der Waals surface area contributed by atoms with Gasteiger partial charge >= 0.3 is 5.97 Å². The summed E-state index contributed by atoms with van der Waals surface area (Å²) in [5, 5.41) is 5.18. The van der Waals surface area contributed by atoms with Gasteiger partial charge in [-0.05, 0) is 75.5 Å². The topological polar surface area (TPSA) is 68.3 Å². The largest absolute Gasteiger partial charge is 0.466 e. The molecule has 4 fully saturated rings. The van der Waals surface area contributed by atoms with Gasteiger partial charge in [0.15, 0.2) is 4.34 Å². The van der Waals surface area contributed by atoms with E-state index in [0.717, 1.165) is 22.1 Å². The van der Waals surface area contributed by atoms with Crippen LogP contribution in [0.25, 0.3) is 0 Å². The summed E-state index contributed by atoms with van der Waals surface area (Å²) >= 11 is 2.93. The Labute approximate surface area is 175 Å². The minimum Gasteiger partial charge on any atom is -0.466 e. The first-order chi connectivity index (χ1) is 13.5. The summed E-state index contributed by atoms with van der Waals surface area (Å²) in [5.41, 5.74) is 1.05. The summed E-state index contributed by atoms with van der Waals surface area (Å²) in [6, 6.07) is 0.254. The average Bonchev–Trinajstić information content (AvgIpc) is 3.06. The van der Waals surface area contributed by atoms with Crippen molar-refractivity contribution in [3.8, 4) is 0 Å². The van der Waals surface area contributed by atoms with E-state index in [4.69, 9.17) is 4.74 Å². The molecule has 1 atom stereocenters. The Morgan fingerprint density at radius 2 is 1.93 bits per heavy atom. The smallest absolute Gasteiger partial charge is 0.311 e. The molecule has 5 nitrogen and oxygen atoms in total. The Morgan fingerprint density at radius 3 is 2.54 bits per heavy atom. The van der Waals surface area contributed by atoms with Crippen molar-refractivity contribution < 1.29 is 14.3 Å². The third-order valence-electron chi connectivity index (χ3n) is 6.87. The van der Waals surface area contributed by atoms with Gasteiger partial charge in [0.2, 0.25) is 5.91 Å². The van der Waals surface area contributed by atoms with Gasteiger partial charge in [0.1, 0.15) is 0 Å². The van der Waals surface area contributed by atoms with E-state index in [0.29, 0.717) is 23.5 Å². The molecule has 5 rings (SSSR count). The molecule has 1 amide bonds. The minimum atomic E-state index is -0.258. The molecular weight excluding hydrogens is 392 g/mol. The van der Waals surface area contributed by atoms with Crippen LogP contribution in [-0.2, 0) is 20.7 Å². The predicted octanol–water partition coefficient (Wildman–Crippen LogP) is 4.06. The second kappa shape index (κ2) is 8.34. The van der Waals surface area contributed by atoms with E-state index in [1.165, 1.54) is 61.6 Å². The molecule has 0 radical (unpaired) electrons. The highest BCUT2D eigenvalue weighted by Crippen LogP contribution is 2.61. The highest BCUT2D eigenvalue weighted by molar-refractivity contribution is 8.01. The molecule has 0 aliphatic heterocycles. The molecule has 0 aromatic carbocycles. The van der Waals surface area contributed by atoms with Crippen LogP contribution in [0.5, 0.6) is 0 Å². The molecule has 4 aliphatic rings. The van der Waals surface area contributed by atoms with Gasteiger partial charge < -0.3 is 10.1 Å². The summed E-state index contributed by atoms with van der Waals surface area (Å²) in [6.45, 7) is 4.40.